The van der Waals surface area contributed by atoms with Crippen LogP contribution in [-0.2, 0) is 5.41 Å². The average Bonchev–Trinajstić information content (AvgIpc) is 3.46. The number of phenolic OH excluding ortho intramolecular Hbond substituents is 1. The van der Waals surface area contributed by atoms with Crippen molar-refractivity contribution in [2.75, 3.05) is 0 Å². The summed E-state index contributed by atoms with van der Waals surface area (Å²) in [5.41, 5.74) is 3.06. The van der Waals surface area contributed by atoms with Crippen LogP contribution in [0.15, 0.2) is 66.7 Å². The second-order valence-electron chi connectivity index (χ2n) is 8.15. The van der Waals surface area contributed by atoms with Gasteiger partial charge in [-0.05, 0) is 85.8 Å². The van der Waals surface area contributed by atoms with Crippen LogP contribution in [0.5, 0.6) is 17.2 Å². The first-order valence-corrected chi connectivity index (χ1v) is 11.2. The summed E-state index contributed by atoms with van der Waals surface area (Å²) in [5, 5.41) is 11.0. The Balaban J connectivity index is 1.64. The van der Waals surface area contributed by atoms with Crippen molar-refractivity contribution in [3.63, 3.8) is 0 Å². The summed E-state index contributed by atoms with van der Waals surface area (Å²) < 4.78 is 21.2. The topological polar surface area (TPSA) is 29.5 Å². The predicted octanol–water partition coefficient (Wildman–Crippen LogP) is 7.96. The van der Waals surface area contributed by atoms with Gasteiger partial charge in [-0.3, -0.25) is 0 Å². The van der Waals surface area contributed by atoms with E-state index < -0.39 is 0 Å². The zero-order valence-electron chi connectivity index (χ0n) is 17.5. The Bertz CT molecular complexity index is 1300. The molecule has 0 radical (unpaired) electrons. The molecule has 4 heteroatoms. The highest BCUT2D eigenvalue weighted by Gasteiger charge is 2.50. The molecule has 0 aliphatic heterocycles. The van der Waals surface area contributed by atoms with Crippen LogP contribution >= 0.6 is 11.3 Å². The SMILES string of the molecule is C/C=C/c1ccc(Oc2c(C3(c4ccc(F)cc4C)CC3)sc3cc(O)ccc23)cc1. The fraction of sp³-hybridized carbons (Fsp3) is 0.185. The van der Waals surface area contributed by atoms with E-state index in [1.165, 1.54) is 0 Å². The molecule has 0 spiro atoms. The summed E-state index contributed by atoms with van der Waals surface area (Å²) in [4.78, 5) is 1.14. The zero-order valence-corrected chi connectivity index (χ0v) is 18.3. The Hall–Kier alpha value is -3.11. The van der Waals surface area contributed by atoms with Crippen molar-refractivity contribution in [3.8, 4) is 17.2 Å². The molecule has 156 valence electrons. The summed E-state index contributed by atoms with van der Waals surface area (Å²) >= 11 is 1.66. The van der Waals surface area contributed by atoms with E-state index in [0.29, 0.717) is 0 Å². The largest absolute Gasteiger partial charge is 0.508 e. The molecule has 5 rings (SSSR count). The molecule has 0 amide bonds. The van der Waals surface area contributed by atoms with E-state index in [4.69, 9.17) is 4.74 Å². The average molecular weight is 431 g/mol. The number of phenols is 1. The molecule has 0 bridgehead atoms. The minimum atomic E-state index is -0.212. The Kier molecular flexibility index (Phi) is 4.82. The fourth-order valence-corrected chi connectivity index (χ4v) is 5.77. The van der Waals surface area contributed by atoms with Crippen LogP contribution in [0.2, 0.25) is 0 Å². The molecule has 1 aliphatic carbocycles. The number of ether oxygens (including phenoxy) is 1. The molecule has 1 N–H and O–H groups in total. The number of aromatic hydroxyl groups is 1. The van der Waals surface area contributed by atoms with Crippen LogP contribution < -0.4 is 4.74 Å². The standard InChI is InChI=1S/C27H23FO2S/c1-3-4-18-5-9-21(10-6-18)30-25-22-11-8-20(29)16-24(22)31-26(25)27(13-14-27)23-12-7-19(28)15-17(23)2/h3-12,15-16,29H,13-14H2,1-2H3/b4-3+. The van der Waals surface area contributed by atoms with Gasteiger partial charge in [-0.1, -0.05) is 30.4 Å². The zero-order chi connectivity index (χ0) is 21.6. The number of thiophene rings is 1. The van der Waals surface area contributed by atoms with Gasteiger partial charge >= 0.3 is 0 Å². The van der Waals surface area contributed by atoms with Crippen molar-refractivity contribution in [3.05, 3.63) is 94.1 Å². The normalized spacial score (nSPS) is 14.9. The van der Waals surface area contributed by atoms with E-state index in [9.17, 15) is 9.50 Å². The van der Waals surface area contributed by atoms with Crippen molar-refractivity contribution >= 4 is 27.5 Å². The molecular weight excluding hydrogens is 407 g/mol. The summed E-state index contributed by atoms with van der Waals surface area (Å²) in [5.74, 6) is 1.63. The van der Waals surface area contributed by atoms with Crippen LogP contribution in [-0.4, -0.2) is 5.11 Å². The molecule has 0 unspecified atom stereocenters. The van der Waals surface area contributed by atoms with Crippen molar-refractivity contribution in [2.24, 2.45) is 0 Å². The Morgan fingerprint density at radius 1 is 1.03 bits per heavy atom. The van der Waals surface area contributed by atoms with Gasteiger partial charge in [0.15, 0.2) is 0 Å². The molecular formula is C27H23FO2S. The second kappa shape index (κ2) is 7.54. The third kappa shape index (κ3) is 3.51. The summed E-state index contributed by atoms with van der Waals surface area (Å²) in [7, 11) is 0. The predicted molar refractivity (Wildman–Crippen MR) is 126 cm³/mol. The lowest BCUT2D eigenvalue weighted by Crippen LogP contribution is -2.10. The molecule has 4 aromatic rings. The number of rotatable bonds is 5. The lowest BCUT2D eigenvalue weighted by atomic mass is 9.89. The van der Waals surface area contributed by atoms with Gasteiger partial charge in [0.05, 0.1) is 4.88 Å². The third-order valence-corrected chi connectivity index (χ3v) is 7.31. The lowest BCUT2D eigenvalue weighted by Gasteiger charge is -2.19. The first-order chi connectivity index (χ1) is 15.0. The number of allylic oxidation sites excluding steroid dienone is 1. The van der Waals surface area contributed by atoms with Gasteiger partial charge in [0.1, 0.15) is 23.1 Å². The molecule has 0 saturated heterocycles. The van der Waals surface area contributed by atoms with Gasteiger partial charge in [0.2, 0.25) is 0 Å². The molecule has 2 nitrogen and oxygen atoms in total. The highest BCUT2D eigenvalue weighted by molar-refractivity contribution is 7.19. The minimum absolute atomic E-state index is 0.169. The fourth-order valence-electron chi connectivity index (χ4n) is 4.34. The van der Waals surface area contributed by atoms with E-state index >= 15 is 0 Å². The highest BCUT2D eigenvalue weighted by Crippen LogP contribution is 2.61. The number of halogens is 1. The maximum atomic E-state index is 13.8. The Labute approximate surface area is 185 Å². The number of hydrogen-bond acceptors (Lipinski definition) is 3. The van der Waals surface area contributed by atoms with E-state index in [1.807, 2.05) is 56.3 Å². The van der Waals surface area contributed by atoms with E-state index in [0.717, 1.165) is 56.0 Å². The second-order valence-corrected chi connectivity index (χ2v) is 9.21. The number of benzene rings is 3. The number of fused-ring (bicyclic) bond motifs is 1. The maximum absolute atomic E-state index is 13.8. The van der Waals surface area contributed by atoms with Crippen LogP contribution in [0.3, 0.4) is 0 Å². The van der Waals surface area contributed by atoms with Gasteiger partial charge in [-0.2, -0.15) is 0 Å². The number of hydrogen-bond donors (Lipinski definition) is 1. The van der Waals surface area contributed by atoms with Crippen molar-refractivity contribution in [2.45, 2.75) is 32.1 Å². The Morgan fingerprint density at radius 3 is 2.48 bits per heavy atom. The molecule has 1 saturated carbocycles. The summed E-state index contributed by atoms with van der Waals surface area (Å²) in [6.07, 6.45) is 6.05. The minimum Gasteiger partial charge on any atom is -0.508 e. The molecule has 31 heavy (non-hydrogen) atoms. The van der Waals surface area contributed by atoms with Crippen molar-refractivity contribution in [1.29, 1.82) is 0 Å². The third-order valence-electron chi connectivity index (χ3n) is 5.98. The van der Waals surface area contributed by atoms with Gasteiger partial charge in [-0.25, -0.2) is 4.39 Å². The van der Waals surface area contributed by atoms with Crippen LogP contribution in [0.25, 0.3) is 16.2 Å². The molecule has 1 aliphatic rings. The van der Waals surface area contributed by atoms with Crippen molar-refractivity contribution in [1.82, 2.24) is 0 Å². The number of aryl methyl sites for hydroxylation is 1. The van der Waals surface area contributed by atoms with Crippen LogP contribution in [0.4, 0.5) is 4.39 Å². The first-order valence-electron chi connectivity index (χ1n) is 10.4. The smallest absolute Gasteiger partial charge is 0.150 e. The van der Waals surface area contributed by atoms with Crippen molar-refractivity contribution < 1.29 is 14.2 Å². The molecule has 1 heterocycles. The monoisotopic (exact) mass is 430 g/mol. The van der Waals surface area contributed by atoms with Crippen LogP contribution in [0, 0.1) is 12.7 Å². The van der Waals surface area contributed by atoms with E-state index in [-0.39, 0.29) is 17.0 Å². The summed E-state index contributed by atoms with van der Waals surface area (Å²) in [6.45, 7) is 3.97. The Morgan fingerprint density at radius 2 is 1.81 bits per heavy atom. The molecule has 3 aromatic carbocycles. The van der Waals surface area contributed by atoms with Gasteiger partial charge < -0.3 is 9.84 Å². The van der Waals surface area contributed by atoms with E-state index in [1.54, 1.807) is 35.6 Å². The maximum Gasteiger partial charge on any atom is 0.150 e. The summed E-state index contributed by atoms with van der Waals surface area (Å²) in [6, 6.07) is 18.5. The van der Waals surface area contributed by atoms with Gasteiger partial charge in [-0.15, -0.1) is 11.3 Å². The lowest BCUT2D eigenvalue weighted by molar-refractivity contribution is 0.475. The highest BCUT2D eigenvalue weighted by atomic mass is 32.1. The van der Waals surface area contributed by atoms with E-state index in [2.05, 4.69) is 6.08 Å². The van der Waals surface area contributed by atoms with Gasteiger partial charge in [0, 0.05) is 15.5 Å². The van der Waals surface area contributed by atoms with Gasteiger partial charge in [0.25, 0.3) is 0 Å². The molecule has 1 aromatic heterocycles. The quantitative estimate of drug-likeness (QED) is 0.348. The molecule has 1 fully saturated rings. The first kappa shape index (κ1) is 19.8. The molecule has 0 atom stereocenters. The van der Waals surface area contributed by atoms with Crippen LogP contribution in [0.1, 0.15) is 41.3 Å².